The van der Waals surface area contributed by atoms with Gasteiger partial charge in [-0.1, -0.05) is 12.2 Å². The third-order valence-electron chi connectivity index (χ3n) is 2.67. The van der Waals surface area contributed by atoms with Crippen LogP contribution in [0.25, 0.3) is 0 Å². The van der Waals surface area contributed by atoms with Crippen LogP contribution in [0.3, 0.4) is 0 Å². The van der Waals surface area contributed by atoms with E-state index in [-0.39, 0.29) is 15.1 Å². The van der Waals surface area contributed by atoms with Crippen molar-refractivity contribution in [2.75, 3.05) is 6.54 Å². The summed E-state index contributed by atoms with van der Waals surface area (Å²) in [4.78, 5) is 12.2. The van der Waals surface area contributed by atoms with Gasteiger partial charge < -0.3 is 11.1 Å². The van der Waals surface area contributed by atoms with Gasteiger partial charge in [-0.05, 0) is 25.0 Å². The van der Waals surface area contributed by atoms with E-state index in [0.717, 1.165) is 17.8 Å². The lowest BCUT2D eigenvalue weighted by atomic mass is 10.1. The van der Waals surface area contributed by atoms with Gasteiger partial charge in [-0.2, -0.15) is 4.72 Å². The van der Waals surface area contributed by atoms with E-state index in [1.165, 1.54) is 6.07 Å². The second kappa shape index (κ2) is 5.53. The Balaban J connectivity index is 2.17. The Morgan fingerprint density at radius 2 is 2.26 bits per heavy atom. The molecule has 2 heterocycles. The van der Waals surface area contributed by atoms with Gasteiger partial charge in [0.05, 0.1) is 4.88 Å². The Hall–Kier alpha value is -1.03. The van der Waals surface area contributed by atoms with E-state index in [4.69, 9.17) is 18.0 Å². The second-order valence-corrected chi connectivity index (χ2v) is 7.55. The highest BCUT2D eigenvalue weighted by atomic mass is 32.2. The number of sulfonamides is 1. The number of piperidine rings is 1. The average molecular weight is 319 g/mol. The first kappa shape index (κ1) is 14.4. The molecule has 0 aliphatic carbocycles. The predicted octanol–water partition coefficient (Wildman–Crippen LogP) is -0.0608. The minimum Gasteiger partial charge on any atom is -0.389 e. The Morgan fingerprint density at radius 3 is 2.84 bits per heavy atom. The van der Waals surface area contributed by atoms with E-state index < -0.39 is 16.1 Å². The van der Waals surface area contributed by atoms with Crippen LogP contribution in [0.15, 0.2) is 16.3 Å². The van der Waals surface area contributed by atoms with E-state index in [1.807, 2.05) is 0 Å². The molecule has 1 atom stereocenters. The average Bonchev–Trinajstić information content (AvgIpc) is 2.82. The highest BCUT2D eigenvalue weighted by Crippen LogP contribution is 2.22. The zero-order valence-electron chi connectivity index (χ0n) is 9.88. The number of amides is 1. The molecular weight excluding hydrogens is 306 g/mol. The first-order chi connectivity index (χ1) is 8.90. The van der Waals surface area contributed by atoms with Gasteiger partial charge >= 0.3 is 0 Å². The quantitative estimate of drug-likeness (QED) is 0.675. The van der Waals surface area contributed by atoms with Crippen molar-refractivity contribution in [3.8, 4) is 0 Å². The minimum atomic E-state index is -3.71. The molecule has 0 spiro atoms. The number of nitrogens with two attached hydrogens (primary N) is 1. The molecule has 104 valence electrons. The minimum absolute atomic E-state index is 0.105. The molecule has 1 unspecified atom stereocenters. The zero-order chi connectivity index (χ0) is 14.0. The predicted molar refractivity (Wildman–Crippen MR) is 76.6 cm³/mol. The third-order valence-corrected chi connectivity index (χ3v) is 6.10. The normalized spacial score (nSPS) is 20.0. The van der Waals surface area contributed by atoms with Crippen LogP contribution in [0.1, 0.15) is 17.7 Å². The van der Waals surface area contributed by atoms with Crippen molar-refractivity contribution < 1.29 is 13.2 Å². The summed E-state index contributed by atoms with van der Waals surface area (Å²) in [6.07, 6.45) is 1.25. The molecule has 1 aliphatic heterocycles. The molecule has 2 rings (SSSR count). The van der Waals surface area contributed by atoms with E-state index in [9.17, 15) is 13.2 Å². The van der Waals surface area contributed by atoms with Crippen LogP contribution < -0.4 is 15.8 Å². The molecule has 4 N–H and O–H groups in total. The van der Waals surface area contributed by atoms with Crippen LogP contribution in [-0.4, -0.2) is 31.9 Å². The molecule has 9 heteroatoms. The number of nitrogens with one attached hydrogen (secondary N) is 2. The van der Waals surface area contributed by atoms with Gasteiger partial charge in [0.1, 0.15) is 15.2 Å². The topological polar surface area (TPSA) is 101 Å². The summed E-state index contributed by atoms with van der Waals surface area (Å²) < 4.78 is 26.7. The Labute approximate surface area is 120 Å². The fourth-order valence-electron chi connectivity index (χ4n) is 1.73. The van der Waals surface area contributed by atoms with Gasteiger partial charge in [0.2, 0.25) is 5.91 Å². The Morgan fingerprint density at radius 1 is 1.53 bits per heavy atom. The summed E-state index contributed by atoms with van der Waals surface area (Å²) in [7, 11) is -3.71. The summed E-state index contributed by atoms with van der Waals surface area (Å²) in [6, 6.07) is 2.28. The smallest absolute Gasteiger partial charge is 0.250 e. The molecule has 1 aliphatic rings. The van der Waals surface area contributed by atoms with Gasteiger partial charge in [-0.15, -0.1) is 11.3 Å². The summed E-state index contributed by atoms with van der Waals surface area (Å²) >= 11 is 5.78. The maximum absolute atomic E-state index is 12.1. The van der Waals surface area contributed by atoms with Crippen molar-refractivity contribution in [2.24, 2.45) is 5.73 Å². The third kappa shape index (κ3) is 3.30. The number of rotatable bonds is 4. The van der Waals surface area contributed by atoms with Crippen LogP contribution in [0, 0.1) is 0 Å². The van der Waals surface area contributed by atoms with Crippen molar-refractivity contribution in [1.29, 1.82) is 0 Å². The van der Waals surface area contributed by atoms with Crippen LogP contribution in [-0.2, 0) is 14.8 Å². The second-order valence-electron chi connectivity index (χ2n) is 4.09. The fourth-order valence-corrected chi connectivity index (χ4v) is 4.32. The van der Waals surface area contributed by atoms with Gasteiger partial charge in [-0.25, -0.2) is 8.42 Å². The monoisotopic (exact) mass is 319 g/mol. The molecule has 1 fully saturated rings. The lowest BCUT2D eigenvalue weighted by Gasteiger charge is -2.22. The highest BCUT2D eigenvalue weighted by molar-refractivity contribution is 7.91. The van der Waals surface area contributed by atoms with Gasteiger partial charge in [0.25, 0.3) is 10.0 Å². The molecule has 6 nitrogen and oxygen atoms in total. The molecule has 0 saturated carbocycles. The van der Waals surface area contributed by atoms with Crippen LogP contribution >= 0.6 is 23.6 Å². The molecule has 19 heavy (non-hydrogen) atoms. The molecular formula is C10H13N3O3S3. The number of thiocarbonyl (C=S) groups is 1. The standard InChI is InChI=1S/C10H13N3O3S3/c11-9(17)7-3-4-8(18-7)19(15,16)13-6-2-1-5-12-10(6)14/h3-4,6,13H,1-2,5H2,(H2,11,17)(H,12,14). The van der Waals surface area contributed by atoms with E-state index in [1.54, 1.807) is 6.07 Å². The first-order valence-electron chi connectivity index (χ1n) is 5.60. The van der Waals surface area contributed by atoms with E-state index in [0.29, 0.717) is 17.8 Å². The van der Waals surface area contributed by atoms with Gasteiger partial charge in [-0.3, -0.25) is 4.79 Å². The SMILES string of the molecule is NC(=S)c1ccc(S(=O)(=O)NC2CCCNC2=O)s1. The van der Waals surface area contributed by atoms with Crippen molar-refractivity contribution in [3.05, 3.63) is 17.0 Å². The highest BCUT2D eigenvalue weighted by Gasteiger charge is 2.28. The van der Waals surface area contributed by atoms with Crippen molar-refractivity contribution in [2.45, 2.75) is 23.1 Å². The fraction of sp³-hybridized carbons (Fsp3) is 0.400. The molecule has 1 saturated heterocycles. The number of carbonyl (C=O) groups is 1. The first-order valence-corrected chi connectivity index (χ1v) is 8.30. The molecule has 1 aromatic heterocycles. The van der Waals surface area contributed by atoms with Crippen LogP contribution in [0.5, 0.6) is 0 Å². The van der Waals surface area contributed by atoms with Crippen LogP contribution in [0.2, 0.25) is 0 Å². The zero-order valence-corrected chi connectivity index (χ0v) is 12.3. The van der Waals surface area contributed by atoms with Crippen molar-refractivity contribution in [1.82, 2.24) is 10.0 Å². The molecule has 0 bridgehead atoms. The Bertz CT molecular complexity index is 609. The van der Waals surface area contributed by atoms with Crippen molar-refractivity contribution in [3.63, 3.8) is 0 Å². The Kier molecular flexibility index (Phi) is 4.19. The maximum Gasteiger partial charge on any atom is 0.250 e. The summed E-state index contributed by atoms with van der Waals surface area (Å²) in [6.45, 7) is 0.585. The maximum atomic E-state index is 12.1. The van der Waals surface area contributed by atoms with E-state index in [2.05, 4.69) is 10.0 Å². The van der Waals surface area contributed by atoms with Gasteiger partial charge in [0.15, 0.2) is 0 Å². The van der Waals surface area contributed by atoms with E-state index >= 15 is 0 Å². The molecule has 1 amide bonds. The summed E-state index contributed by atoms with van der Waals surface area (Å²) in [5.74, 6) is -0.291. The summed E-state index contributed by atoms with van der Waals surface area (Å²) in [5, 5.41) is 2.63. The largest absolute Gasteiger partial charge is 0.389 e. The number of thiophene rings is 1. The number of hydrogen-bond acceptors (Lipinski definition) is 5. The van der Waals surface area contributed by atoms with Crippen LogP contribution in [0.4, 0.5) is 0 Å². The number of hydrogen-bond donors (Lipinski definition) is 3. The molecule has 0 radical (unpaired) electrons. The molecule has 0 aromatic carbocycles. The van der Waals surface area contributed by atoms with Gasteiger partial charge in [0, 0.05) is 6.54 Å². The molecule has 1 aromatic rings. The lowest BCUT2D eigenvalue weighted by Crippen LogP contribution is -2.49. The summed E-state index contributed by atoms with van der Waals surface area (Å²) in [5.41, 5.74) is 5.44. The number of carbonyl (C=O) groups excluding carboxylic acids is 1. The van der Waals surface area contributed by atoms with Crippen molar-refractivity contribution >= 4 is 44.5 Å². The lowest BCUT2D eigenvalue weighted by molar-refractivity contribution is -0.124.